The molecule has 1 aliphatic heterocycles. The predicted molar refractivity (Wildman–Crippen MR) is 67.1 cm³/mol. The number of hydrogen-bond acceptors (Lipinski definition) is 4. The third-order valence-electron chi connectivity index (χ3n) is 3.35. The summed E-state index contributed by atoms with van der Waals surface area (Å²) in [5.41, 5.74) is -0.901. The molecule has 1 amide bonds. The van der Waals surface area contributed by atoms with Gasteiger partial charge >= 0.3 is 5.97 Å². The SMILES string of the molecule is CCOC(=O)C1CCCCN1C(=O)C(C)(C)OC. The highest BCUT2D eigenvalue weighted by molar-refractivity contribution is 5.89. The lowest BCUT2D eigenvalue weighted by atomic mass is 9.98. The summed E-state index contributed by atoms with van der Waals surface area (Å²) in [4.78, 5) is 25.8. The zero-order valence-corrected chi connectivity index (χ0v) is 11.7. The van der Waals surface area contributed by atoms with Crippen molar-refractivity contribution in [2.24, 2.45) is 0 Å². The molecule has 0 aromatic rings. The van der Waals surface area contributed by atoms with Crippen LogP contribution in [0.5, 0.6) is 0 Å². The van der Waals surface area contributed by atoms with E-state index in [4.69, 9.17) is 9.47 Å². The second-order valence-electron chi connectivity index (χ2n) is 4.98. The molecule has 0 aliphatic carbocycles. The number of rotatable bonds is 4. The molecule has 0 bridgehead atoms. The van der Waals surface area contributed by atoms with E-state index in [-0.39, 0.29) is 11.9 Å². The van der Waals surface area contributed by atoms with Gasteiger partial charge in [-0.3, -0.25) is 4.79 Å². The molecule has 104 valence electrons. The van der Waals surface area contributed by atoms with Crippen LogP contribution in [0.4, 0.5) is 0 Å². The van der Waals surface area contributed by atoms with Crippen molar-refractivity contribution in [3.8, 4) is 0 Å². The molecule has 0 radical (unpaired) electrons. The molecule has 5 heteroatoms. The first-order valence-electron chi connectivity index (χ1n) is 6.47. The molecule has 1 atom stereocenters. The highest BCUT2D eigenvalue weighted by Gasteiger charge is 2.39. The summed E-state index contributed by atoms with van der Waals surface area (Å²) in [6, 6.07) is -0.458. The first-order chi connectivity index (χ1) is 8.44. The quantitative estimate of drug-likeness (QED) is 0.713. The third kappa shape index (κ3) is 3.22. The van der Waals surface area contributed by atoms with Gasteiger partial charge in [-0.15, -0.1) is 0 Å². The van der Waals surface area contributed by atoms with Crippen molar-refractivity contribution in [3.05, 3.63) is 0 Å². The topological polar surface area (TPSA) is 55.8 Å². The molecule has 0 aromatic carbocycles. The Morgan fingerprint density at radius 2 is 2.00 bits per heavy atom. The number of carbonyl (C=O) groups is 2. The van der Waals surface area contributed by atoms with Gasteiger partial charge in [-0.1, -0.05) is 0 Å². The number of methoxy groups -OCH3 is 1. The average molecular weight is 257 g/mol. The van der Waals surface area contributed by atoms with Gasteiger partial charge in [0.15, 0.2) is 0 Å². The first-order valence-corrected chi connectivity index (χ1v) is 6.47. The monoisotopic (exact) mass is 257 g/mol. The molecule has 1 aliphatic rings. The Kier molecular flexibility index (Phi) is 5.14. The summed E-state index contributed by atoms with van der Waals surface area (Å²) in [6.45, 7) is 6.13. The van der Waals surface area contributed by atoms with Gasteiger partial charge in [-0.05, 0) is 40.0 Å². The molecule has 1 heterocycles. The minimum atomic E-state index is -0.901. The lowest BCUT2D eigenvalue weighted by Gasteiger charge is -2.38. The molecule has 5 nitrogen and oxygen atoms in total. The van der Waals surface area contributed by atoms with Gasteiger partial charge in [0.25, 0.3) is 5.91 Å². The molecule has 1 fully saturated rings. The fourth-order valence-corrected chi connectivity index (χ4v) is 2.09. The molecule has 18 heavy (non-hydrogen) atoms. The van der Waals surface area contributed by atoms with E-state index >= 15 is 0 Å². The van der Waals surface area contributed by atoms with Gasteiger partial charge in [-0.25, -0.2) is 4.79 Å². The van der Waals surface area contributed by atoms with Crippen LogP contribution >= 0.6 is 0 Å². The Hall–Kier alpha value is -1.10. The summed E-state index contributed by atoms with van der Waals surface area (Å²) < 4.78 is 10.2. The summed E-state index contributed by atoms with van der Waals surface area (Å²) in [5, 5.41) is 0. The van der Waals surface area contributed by atoms with Gasteiger partial charge in [0.1, 0.15) is 11.6 Å². The van der Waals surface area contributed by atoms with Crippen LogP contribution < -0.4 is 0 Å². The molecule has 0 spiro atoms. The average Bonchev–Trinajstić information content (AvgIpc) is 2.38. The number of ether oxygens (including phenoxy) is 2. The number of nitrogens with zero attached hydrogens (tertiary/aromatic N) is 1. The molecule has 0 N–H and O–H groups in total. The maximum atomic E-state index is 12.4. The number of carbonyl (C=O) groups excluding carboxylic acids is 2. The van der Waals surface area contributed by atoms with Crippen LogP contribution in [0.3, 0.4) is 0 Å². The summed E-state index contributed by atoms with van der Waals surface area (Å²) >= 11 is 0. The normalized spacial score (nSPS) is 20.7. The molecule has 1 saturated heterocycles. The maximum Gasteiger partial charge on any atom is 0.328 e. The number of hydrogen-bond donors (Lipinski definition) is 0. The van der Waals surface area contributed by atoms with Crippen molar-refractivity contribution in [1.29, 1.82) is 0 Å². The van der Waals surface area contributed by atoms with Crippen molar-refractivity contribution in [2.45, 2.75) is 51.7 Å². The van der Waals surface area contributed by atoms with Gasteiger partial charge in [0.05, 0.1) is 6.61 Å². The minimum absolute atomic E-state index is 0.150. The van der Waals surface area contributed by atoms with Crippen LogP contribution in [0.2, 0.25) is 0 Å². The van der Waals surface area contributed by atoms with Gasteiger partial charge < -0.3 is 14.4 Å². The Bertz CT molecular complexity index is 314. The van der Waals surface area contributed by atoms with Crippen molar-refractivity contribution in [2.75, 3.05) is 20.3 Å². The van der Waals surface area contributed by atoms with Gasteiger partial charge in [0, 0.05) is 13.7 Å². The second-order valence-corrected chi connectivity index (χ2v) is 4.98. The van der Waals surface area contributed by atoms with Crippen molar-refractivity contribution in [3.63, 3.8) is 0 Å². The van der Waals surface area contributed by atoms with E-state index in [1.54, 1.807) is 25.7 Å². The van der Waals surface area contributed by atoms with E-state index in [0.29, 0.717) is 19.6 Å². The smallest absolute Gasteiger partial charge is 0.328 e. The highest BCUT2D eigenvalue weighted by Crippen LogP contribution is 2.23. The van der Waals surface area contributed by atoms with Crippen LogP contribution in [-0.2, 0) is 19.1 Å². The van der Waals surface area contributed by atoms with E-state index in [0.717, 1.165) is 12.8 Å². The van der Waals surface area contributed by atoms with Crippen molar-refractivity contribution < 1.29 is 19.1 Å². The number of amides is 1. The molecular formula is C13H23NO4. The summed E-state index contributed by atoms with van der Waals surface area (Å²) in [7, 11) is 1.50. The standard InChI is InChI=1S/C13H23NO4/c1-5-18-11(15)10-8-6-7-9-14(10)12(16)13(2,3)17-4/h10H,5-9H2,1-4H3. The zero-order valence-electron chi connectivity index (χ0n) is 11.7. The lowest BCUT2D eigenvalue weighted by molar-refractivity contribution is -0.165. The minimum Gasteiger partial charge on any atom is -0.464 e. The first kappa shape index (κ1) is 15.0. The third-order valence-corrected chi connectivity index (χ3v) is 3.35. The summed E-state index contributed by atoms with van der Waals surface area (Å²) in [5.74, 6) is -0.458. The second kappa shape index (κ2) is 6.18. The van der Waals surface area contributed by atoms with E-state index in [9.17, 15) is 9.59 Å². The number of likely N-dealkylation sites (tertiary alicyclic amines) is 1. The van der Waals surface area contributed by atoms with Crippen LogP contribution in [0, 0.1) is 0 Å². The van der Waals surface area contributed by atoms with E-state index < -0.39 is 11.6 Å². The Morgan fingerprint density at radius 1 is 1.33 bits per heavy atom. The number of esters is 1. The van der Waals surface area contributed by atoms with E-state index in [1.165, 1.54) is 7.11 Å². The van der Waals surface area contributed by atoms with Crippen molar-refractivity contribution in [1.82, 2.24) is 4.90 Å². The molecule has 1 unspecified atom stereocenters. The van der Waals surface area contributed by atoms with Gasteiger partial charge in [-0.2, -0.15) is 0 Å². The fourth-order valence-electron chi connectivity index (χ4n) is 2.09. The lowest BCUT2D eigenvalue weighted by Crippen LogP contribution is -2.55. The van der Waals surface area contributed by atoms with Crippen molar-refractivity contribution >= 4 is 11.9 Å². The maximum absolute atomic E-state index is 12.4. The van der Waals surface area contributed by atoms with Gasteiger partial charge in [0.2, 0.25) is 0 Å². The molecule has 0 saturated carbocycles. The number of piperidine rings is 1. The Morgan fingerprint density at radius 3 is 2.56 bits per heavy atom. The Balaban J connectivity index is 2.82. The molecule has 1 rings (SSSR count). The van der Waals surface area contributed by atoms with Crippen LogP contribution in [-0.4, -0.2) is 48.7 Å². The van der Waals surface area contributed by atoms with Crippen LogP contribution in [0.15, 0.2) is 0 Å². The fraction of sp³-hybridized carbons (Fsp3) is 0.846. The summed E-state index contributed by atoms with van der Waals surface area (Å²) in [6.07, 6.45) is 2.53. The zero-order chi connectivity index (χ0) is 13.8. The largest absolute Gasteiger partial charge is 0.464 e. The van der Waals surface area contributed by atoms with Crippen LogP contribution in [0.25, 0.3) is 0 Å². The van der Waals surface area contributed by atoms with E-state index in [1.807, 2.05) is 0 Å². The highest BCUT2D eigenvalue weighted by atomic mass is 16.5. The van der Waals surface area contributed by atoms with E-state index in [2.05, 4.69) is 0 Å². The molecular weight excluding hydrogens is 234 g/mol. The molecule has 0 aromatic heterocycles. The van der Waals surface area contributed by atoms with Crippen LogP contribution in [0.1, 0.15) is 40.0 Å². The Labute approximate surface area is 108 Å². The predicted octanol–water partition coefficient (Wildman–Crippen LogP) is 1.36.